The Kier molecular flexibility index (Phi) is 4.80. The molecule has 0 bridgehead atoms. The van der Waals surface area contributed by atoms with Gasteiger partial charge in [0, 0.05) is 14.5 Å². The zero-order valence-electron chi connectivity index (χ0n) is 14.2. The van der Waals surface area contributed by atoms with Crippen LogP contribution >= 0.6 is 31.9 Å². The van der Waals surface area contributed by atoms with Gasteiger partial charge in [-0.05, 0) is 47.1 Å². The monoisotopic (exact) mass is 485 g/mol. The molecule has 2 heterocycles. The highest BCUT2D eigenvalue weighted by molar-refractivity contribution is 9.11. The summed E-state index contributed by atoms with van der Waals surface area (Å²) in [5, 5.41) is 4.83. The number of aryl methyl sites for hydroxylation is 1. The molecule has 2 aromatic carbocycles. The number of furan rings is 1. The van der Waals surface area contributed by atoms with Gasteiger partial charge < -0.3 is 4.42 Å². The first-order chi connectivity index (χ1) is 13.0. The molecule has 0 aliphatic heterocycles. The number of rotatable bonds is 3. The molecule has 5 nitrogen and oxygen atoms in total. The van der Waals surface area contributed by atoms with Gasteiger partial charge in [0.15, 0.2) is 5.82 Å². The van der Waals surface area contributed by atoms with Crippen molar-refractivity contribution in [2.75, 3.05) is 0 Å². The summed E-state index contributed by atoms with van der Waals surface area (Å²) in [6.07, 6.45) is 1.52. The standard InChI is InChI=1S/C20H13Br2N3O2/c1-12-7-8-15(27-12)11-23-25-19(13-5-3-2-4-6-13)24-18-16(20(25)26)9-14(21)10-17(18)22/h2-11H,1H3/b23-11+. The molecule has 0 saturated heterocycles. The summed E-state index contributed by atoms with van der Waals surface area (Å²) >= 11 is 6.92. The Labute approximate surface area is 171 Å². The van der Waals surface area contributed by atoms with Gasteiger partial charge in [0.25, 0.3) is 5.56 Å². The maximum Gasteiger partial charge on any atom is 0.282 e. The van der Waals surface area contributed by atoms with Crippen LogP contribution in [0.5, 0.6) is 0 Å². The van der Waals surface area contributed by atoms with Crippen molar-refractivity contribution in [2.45, 2.75) is 6.92 Å². The summed E-state index contributed by atoms with van der Waals surface area (Å²) in [7, 11) is 0. The predicted molar refractivity (Wildman–Crippen MR) is 113 cm³/mol. The molecule has 0 spiro atoms. The number of aromatic nitrogens is 2. The zero-order valence-corrected chi connectivity index (χ0v) is 17.4. The lowest BCUT2D eigenvalue weighted by Gasteiger charge is -2.10. The summed E-state index contributed by atoms with van der Waals surface area (Å²) in [5.41, 5.74) is 1.11. The average Bonchev–Trinajstić information content (AvgIpc) is 3.07. The van der Waals surface area contributed by atoms with E-state index in [1.165, 1.54) is 10.9 Å². The first-order valence-electron chi connectivity index (χ1n) is 8.11. The van der Waals surface area contributed by atoms with Crippen LogP contribution in [-0.4, -0.2) is 15.9 Å². The van der Waals surface area contributed by atoms with E-state index < -0.39 is 0 Å². The lowest BCUT2D eigenvalue weighted by molar-refractivity contribution is 0.527. The summed E-state index contributed by atoms with van der Waals surface area (Å²) in [6.45, 7) is 1.85. The fraction of sp³-hybridized carbons (Fsp3) is 0.0500. The van der Waals surface area contributed by atoms with Crippen LogP contribution < -0.4 is 5.56 Å². The Balaban J connectivity index is 2.00. The number of halogens is 2. The number of benzene rings is 2. The van der Waals surface area contributed by atoms with Gasteiger partial charge in [-0.15, -0.1) is 0 Å². The van der Waals surface area contributed by atoms with Crippen molar-refractivity contribution in [3.8, 4) is 11.4 Å². The molecular weight excluding hydrogens is 474 g/mol. The third-order valence-electron chi connectivity index (χ3n) is 3.96. The van der Waals surface area contributed by atoms with Crippen LogP contribution in [0, 0.1) is 6.92 Å². The molecule has 0 amide bonds. The maximum absolute atomic E-state index is 13.2. The van der Waals surface area contributed by atoms with Gasteiger partial charge in [-0.2, -0.15) is 9.78 Å². The van der Waals surface area contributed by atoms with E-state index in [1.807, 2.05) is 49.4 Å². The topological polar surface area (TPSA) is 60.4 Å². The van der Waals surface area contributed by atoms with Gasteiger partial charge in [0.1, 0.15) is 11.5 Å². The van der Waals surface area contributed by atoms with E-state index >= 15 is 0 Å². The van der Waals surface area contributed by atoms with Gasteiger partial charge >= 0.3 is 0 Å². The van der Waals surface area contributed by atoms with Gasteiger partial charge in [-0.1, -0.05) is 46.3 Å². The number of hydrogen-bond acceptors (Lipinski definition) is 4. The first kappa shape index (κ1) is 17.9. The van der Waals surface area contributed by atoms with E-state index in [4.69, 9.17) is 9.40 Å². The molecule has 134 valence electrons. The van der Waals surface area contributed by atoms with Crippen molar-refractivity contribution in [3.05, 3.63) is 85.4 Å². The highest BCUT2D eigenvalue weighted by Gasteiger charge is 2.15. The van der Waals surface area contributed by atoms with Crippen molar-refractivity contribution in [3.63, 3.8) is 0 Å². The zero-order chi connectivity index (χ0) is 19.0. The molecule has 0 aliphatic rings. The minimum atomic E-state index is -0.264. The van der Waals surface area contributed by atoms with Crippen LogP contribution in [0.3, 0.4) is 0 Å². The van der Waals surface area contributed by atoms with Crippen molar-refractivity contribution in [2.24, 2.45) is 5.10 Å². The minimum absolute atomic E-state index is 0.264. The van der Waals surface area contributed by atoms with Crippen molar-refractivity contribution >= 4 is 49.0 Å². The molecule has 0 unspecified atom stereocenters. The van der Waals surface area contributed by atoms with Crippen molar-refractivity contribution in [1.82, 2.24) is 9.66 Å². The molecule has 4 rings (SSSR count). The van der Waals surface area contributed by atoms with Crippen LogP contribution in [0.1, 0.15) is 11.5 Å². The molecule has 0 fully saturated rings. The van der Waals surface area contributed by atoms with Gasteiger partial charge in [-0.25, -0.2) is 4.98 Å². The summed E-state index contributed by atoms with van der Waals surface area (Å²) < 4.78 is 8.33. The fourth-order valence-corrected chi connectivity index (χ4v) is 4.04. The Morgan fingerprint density at radius 1 is 1.11 bits per heavy atom. The molecular formula is C20H13Br2N3O2. The Bertz CT molecular complexity index is 1230. The van der Waals surface area contributed by atoms with Crippen LogP contribution in [0.15, 0.2) is 77.9 Å². The second-order valence-electron chi connectivity index (χ2n) is 5.90. The summed E-state index contributed by atoms with van der Waals surface area (Å²) in [5.74, 6) is 1.79. The molecule has 0 aliphatic carbocycles. The number of fused-ring (bicyclic) bond motifs is 1. The molecule has 0 radical (unpaired) electrons. The molecule has 2 aromatic heterocycles. The maximum atomic E-state index is 13.2. The van der Waals surface area contributed by atoms with E-state index in [9.17, 15) is 4.79 Å². The first-order valence-corrected chi connectivity index (χ1v) is 9.69. The van der Waals surface area contributed by atoms with Gasteiger partial charge in [0.05, 0.1) is 17.1 Å². The minimum Gasteiger partial charge on any atom is -0.460 e. The van der Waals surface area contributed by atoms with Crippen LogP contribution in [0.4, 0.5) is 0 Å². The molecule has 27 heavy (non-hydrogen) atoms. The smallest absolute Gasteiger partial charge is 0.282 e. The van der Waals surface area contributed by atoms with Gasteiger partial charge in [0.2, 0.25) is 0 Å². The third kappa shape index (κ3) is 3.52. The highest BCUT2D eigenvalue weighted by atomic mass is 79.9. The predicted octanol–water partition coefficient (Wildman–Crippen LogP) is 5.37. The highest BCUT2D eigenvalue weighted by Crippen LogP contribution is 2.27. The normalized spacial score (nSPS) is 11.5. The second kappa shape index (κ2) is 7.25. The molecule has 4 aromatic rings. The summed E-state index contributed by atoms with van der Waals surface area (Å²) in [6, 6.07) is 16.7. The number of nitrogens with zero attached hydrogens (tertiary/aromatic N) is 3. The van der Waals surface area contributed by atoms with Crippen molar-refractivity contribution < 1.29 is 4.42 Å². The van der Waals surface area contributed by atoms with E-state index in [2.05, 4.69) is 37.0 Å². The third-order valence-corrected chi connectivity index (χ3v) is 5.03. The fourth-order valence-electron chi connectivity index (χ4n) is 2.72. The SMILES string of the molecule is Cc1ccc(/C=N/n2c(-c3ccccc3)nc3c(Br)cc(Br)cc3c2=O)o1. The lowest BCUT2D eigenvalue weighted by atomic mass is 10.2. The molecule has 0 saturated carbocycles. The Hall–Kier alpha value is -2.51. The van der Waals surface area contributed by atoms with E-state index in [0.717, 1.165) is 20.3 Å². The summed E-state index contributed by atoms with van der Waals surface area (Å²) in [4.78, 5) is 17.9. The molecule has 0 atom stereocenters. The Morgan fingerprint density at radius 2 is 1.89 bits per heavy atom. The Morgan fingerprint density at radius 3 is 2.59 bits per heavy atom. The van der Waals surface area contributed by atoms with Crippen LogP contribution in [0.2, 0.25) is 0 Å². The van der Waals surface area contributed by atoms with E-state index in [0.29, 0.717) is 22.5 Å². The van der Waals surface area contributed by atoms with Crippen LogP contribution in [0.25, 0.3) is 22.3 Å². The molecule has 7 heteroatoms. The van der Waals surface area contributed by atoms with E-state index in [1.54, 1.807) is 12.1 Å². The van der Waals surface area contributed by atoms with E-state index in [-0.39, 0.29) is 5.56 Å². The quantitative estimate of drug-likeness (QED) is 0.365. The van der Waals surface area contributed by atoms with Gasteiger partial charge in [-0.3, -0.25) is 4.79 Å². The number of hydrogen-bond donors (Lipinski definition) is 0. The lowest BCUT2D eigenvalue weighted by Crippen LogP contribution is -2.20. The second-order valence-corrected chi connectivity index (χ2v) is 7.67. The average molecular weight is 487 g/mol. The largest absolute Gasteiger partial charge is 0.460 e. The van der Waals surface area contributed by atoms with Crippen LogP contribution in [-0.2, 0) is 0 Å². The van der Waals surface area contributed by atoms with Crippen molar-refractivity contribution in [1.29, 1.82) is 0 Å². The molecule has 0 N–H and O–H groups in total.